The number of nitrogens with one attached hydrogen (secondary N) is 1. The normalized spacial score (nSPS) is 16.3. The van der Waals surface area contributed by atoms with Crippen molar-refractivity contribution >= 4 is 22.9 Å². The summed E-state index contributed by atoms with van der Waals surface area (Å²) in [7, 11) is 0. The van der Waals surface area contributed by atoms with E-state index in [4.69, 9.17) is 9.15 Å². The molecule has 7 heteroatoms. The highest BCUT2D eigenvalue weighted by Crippen LogP contribution is 2.29. The summed E-state index contributed by atoms with van der Waals surface area (Å²) < 4.78 is 10.9. The molecule has 0 saturated carbocycles. The van der Waals surface area contributed by atoms with E-state index in [0.29, 0.717) is 23.6 Å². The third kappa shape index (κ3) is 3.76. The van der Waals surface area contributed by atoms with Crippen molar-refractivity contribution in [3.05, 3.63) is 68.0 Å². The summed E-state index contributed by atoms with van der Waals surface area (Å²) in [6.45, 7) is 4.34. The molecule has 1 aromatic carbocycles. The Kier molecular flexibility index (Phi) is 5.11. The lowest BCUT2D eigenvalue weighted by Crippen LogP contribution is -2.23. The summed E-state index contributed by atoms with van der Waals surface area (Å²) in [6.07, 6.45) is 1.54. The monoisotopic (exact) mass is 396 g/mol. The number of ether oxygens (including phenoxy) is 1. The molecule has 144 valence electrons. The van der Waals surface area contributed by atoms with Gasteiger partial charge in [0.05, 0.1) is 10.7 Å². The molecule has 1 aliphatic heterocycles. The van der Waals surface area contributed by atoms with E-state index in [1.165, 1.54) is 0 Å². The molecule has 3 heterocycles. The van der Waals surface area contributed by atoms with E-state index >= 15 is 0 Å². The zero-order chi connectivity index (χ0) is 19.7. The number of aryl methyl sites for hydroxylation is 2. The summed E-state index contributed by atoms with van der Waals surface area (Å²) >= 11 is 1.57. The van der Waals surface area contributed by atoms with Crippen molar-refractivity contribution < 1.29 is 13.9 Å². The van der Waals surface area contributed by atoms with Crippen LogP contribution in [0.15, 0.2) is 44.9 Å². The number of anilines is 1. The molecule has 28 heavy (non-hydrogen) atoms. The van der Waals surface area contributed by atoms with Crippen LogP contribution in [0.5, 0.6) is 0 Å². The molecule has 2 aromatic heterocycles. The van der Waals surface area contributed by atoms with Gasteiger partial charge in [0.2, 0.25) is 0 Å². The van der Waals surface area contributed by atoms with Crippen molar-refractivity contribution in [3.8, 4) is 11.3 Å². The smallest absolute Gasteiger partial charge is 0.349 e. The van der Waals surface area contributed by atoms with Gasteiger partial charge in [-0.05, 0) is 50.5 Å². The van der Waals surface area contributed by atoms with Gasteiger partial charge in [0, 0.05) is 23.2 Å². The third-order valence-corrected chi connectivity index (χ3v) is 5.45. The molecule has 0 bridgehead atoms. The number of hydrogen-bond acceptors (Lipinski definition) is 6. The average Bonchev–Trinajstić information content (AvgIpc) is 3.33. The number of thiazole rings is 1. The van der Waals surface area contributed by atoms with Gasteiger partial charge >= 0.3 is 5.63 Å². The molecule has 1 saturated heterocycles. The molecule has 1 aliphatic rings. The minimum Gasteiger partial charge on any atom is -0.424 e. The second-order valence-electron chi connectivity index (χ2n) is 6.78. The first-order chi connectivity index (χ1) is 13.5. The molecule has 1 N–H and O–H groups in total. The van der Waals surface area contributed by atoms with E-state index in [-0.39, 0.29) is 11.7 Å². The van der Waals surface area contributed by atoms with Crippen LogP contribution in [0.1, 0.15) is 45.6 Å². The molecule has 6 nitrogen and oxygen atoms in total. The Morgan fingerprint density at radius 3 is 2.82 bits per heavy atom. The van der Waals surface area contributed by atoms with Gasteiger partial charge in [-0.25, -0.2) is 9.78 Å². The molecule has 0 spiro atoms. The van der Waals surface area contributed by atoms with Crippen LogP contribution in [0.3, 0.4) is 0 Å². The Labute approximate surface area is 166 Å². The molecule has 1 amide bonds. The fourth-order valence-corrected chi connectivity index (χ4v) is 3.93. The maximum absolute atomic E-state index is 12.7. The number of rotatable bonds is 4. The topological polar surface area (TPSA) is 81.4 Å². The fraction of sp³-hybridized carbons (Fsp3) is 0.286. The van der Waals surface area contributed by atoms with Crippen molar-refractivity contribution in [1.29, 1.82) is 0 Å². The van der Waals surface area contributed by atoms with E-state index in [9.17, 15) is 9.59 Å². The molecule has 0 radical (unpaired) electrons. The number of amides is 1. The summed E-state index contributed by atoms with van der Waals surface area (Å²) in [6, 6.07) is 9.11. The Balaban J connectivity index is 1.58. The maximum Gasteiger partial charge on any atom is 0.349 e. The van der Waals surface area contributed by atoms with Gasteiger partial charge < -0.3 is 14.5 Å². The minimum atomic E-state index is -0.644. The van der Waals surface area contributed by atoms with Crippen LogP contribution in [0.4, 0.5) is 5.69 Å². The molecule has 1 atom stereocenters. The second-order valence-corrected chi connectivity index (χ2v) is 7.84. The van der Waals surface area contributed by atoms with Crippen molar-refractivity contribution in [2.24, 2.45) is 0 Å². The van der Waals surface area contributed by atoms with E-state index < -0.39 is 11.5 Å². The maximum atomic E-state index is 12.7. The fourth-order valence-electron chi connectivity index (χ4n) is 3.31. The zero-order valence-corrected chi connectivity index (χ0v) is 16.5. The predicted molar refractivity (Wildman–Crippen MR) is 108 cm³/mol. The van der Waals surface area contributed by atoms with E-state index in [1.807, 2.05) is 30.5 Å². The Hall–Kier alpha value is -2.77. The summed E-state index contributed by atoms with van der Waals surface area (Å²) in [5.41, 5.74) is 2.29. The minimum absolute atomic E-state index is 0.0108. The second kappa shape index (κ2) is 7.69. The van der Waals surface area contributed by atoms with Crippen LogP contribution in [0.25, 0.3) is 11.3 Å². The number of aromatic nitrogens is 1. The summed E-state index contributed by atoms with van der Waals surface area (Å²) in [5.74, 6) is -0.00537. The molecule has 1 fully saturated rings. The van der Waals surface area contributed by atoms with Crippen molar-refractivity contribution in [3.63, 3.8) is 0 Å². The molecular formula is C21H20N2O4S. The SMILES string of the molecule is Cc1nc(-c2cccc(NC(=O)c3c(C)cc(C4CCCO4)oc3=O)c2)cs1. The molecule has 4 rings (SSSR count). The lowest BCUT2D eigenvalue weighted by molar-refractivity contribution is 0.0895. The highest BCUT2D eigenvalue weighted by atomic mass is 32.1. The standard InChI is InChI=1S/C21H20N2O4S/c1-12-9-18(17-7-4-8-26-17)27-21(25)19(12)20(24)23-15-6-3-5-14(10-15)16-11-28-13(2)22-16/h3,5-6,9-11,17H,4,7-8H2,1-2H3,(H,23,24). The Morgan fingerprint density at radius 1 is 1.29 bits per heavy atom. The van der Waals surface area contributed by atoms with Crippen LogP contribution < -0.4 is 10.9 Å². The lowest BCUT2D eigenvalue weighted by atomic mass is 10.1. The van der Waals surface area contributed by atoms with Gasteiger partial charge in [-0.15, -0.1) is 11.3 Å². The van der Waals surface area contributed by atoms with Gasteiger partial charge in [0.15, 0.2) is 0 Å². The summed E-state index contributed by atoms with van der Waals surface area (Å²) in [5, 5.41) is 5.74. The Morgan fingerprint density at radius 2 is 2.14 bits per heavy atom. The van der Waals surface area contributed by atoms with Gasteiger partial charge in [-0.3, -0.25) is 4.79 Å². The van der Waals surface area contributed by atoms with Crippen LogP contribution in [-0.2, 0) is 4.74 Å². The van der Waals surface area contributed by atoms with Crippen LogP contribution >= 0.6 is 11.3 Å². The predicted octanol–water partition coefficient (Wildman–Crippen LogP) is 4.48. The first-order valence-electron chi connectivity index (χ1n) is 9.11. The van der Waals surface area contributed by atoms with Crippen molar-refractivity contribution in [2.45, 2.75) is 32.8 Å². The van der Waals surface area contributed by atoms with Crippen LogP contribution in [-0.4, -0.2) is 17.5 Å². The first kappa shape index (κ1) is 18.6. The number of carbonyl (C=O) groups excluding carboxylic acids is 1. The number of nitrogens with zero attached hydrogens (tertiary/aromatic N) is 1. The van der Waals surface area contributed by atoms with E-state index in [2.05, 4.69) is 10.3 Å². The van der Waals surface area contributed by atoms with Crippen molar-refractivity contribution in [1.82, 2.24) is 4.98 Å². The zero-order valence-electron chi connectivity index (χ0n) is 15.7. The lowest BCUT2D eigenvalue weighted by Gasteiger charge is -2.11. The van der Waals surface area contributed by atoms with Gasteiger partial charge in [-0.1, -0.05) is 12.1 Å². The van der Waals surface area contributed by atoms with Crippen LogP contribution in [0.2, 0.25) is 0 Å². The highest BCUT2D eigenvalue weighted by Gasteiger charge is 2.24. The highest BCUT2D eigenvalue weighted by molar-refractivity contribution is 7.09. The van der Waals surface area contributed by atoms with Crippen LogP contribution in [0, 0.1) is 13.8 Å². The first-order valence-corrected chi connectivity index (χ1v) is 9.99. The van der Waals surface area contributed by atoms with Crippen molar-refractivity contribution in [2.75, 3.05) is 11.9 Å². The molecule has 3 aromatic rings. The Bertz CT molecular complexity index is 1080. The average molecular weight is 396 g/mol. The third-order valence-electron chi connectivity index (χ3n) is 4.68. The largest absolute Gasteiger partial charge is 0.424 e. The summed E-state index contributed by atoms with van der Waals surface area (Å²) in [4.78, 5) is 29.6. The number of hydrogen-bond donors (Lipinski definition) is 1. The molecule has 0 aliphatic carbocycles. The van der Waals surface area contributed by atoms with E-state index in [1.54, 1.807) is 30.4 Å². The molecular weight excluding hydrogens is 376 g/mol. The quantitative estimate of drug-likeness (QED) is 0.703. The van der Waals surface area contributed by atoms with Gasteiger partial charge in [0.1, 0.15) is 17.4 Å². The van der Waals surface area contributed by atoms with E-state index in [0.717, 1.165) is 29.1 Å². The molecule has 1 unspecified atom stereocenters. The number of carbonyl (C=O) groups is 1. The van der Waals surface area contributed by atoms with Gasteiger partial charge in [0.25, 0.3) is 5.91 Å². The van der Waals surface area contributed by atoms with Gasteiger partial charge in [-0.2, -0.15) is 0 Å². The number of benzene rings is 1.